The summed E-state index contributed by atoms with van der Waals surface area (Å²) in [5.74, 6) is 0.528. The Balaban J connectivity index is 1.62. The van der Waals surface area contributed by atoms with E-state index in [4.69, 9.17) is 17.3 Å². The van der Waals surface area contributed by atoms with Gasteiger partial charge in [0.15, 0.2) is 0 Å². The number of benzene rings is 1. The Hall–Kier alpha value is -3.41. The molecule has 0 aliphatic rings. The Kier molecular flexibility index (Phi) is 7.62. The number of anilines is 1. The Bertz CT molecular complexity index is 1470. The van der Waals surface area contributed by atoms with E-state index in [2.05, 4.69) is 27.2 Å². The fourth-order valence-corrected chi connectivity index (χ4v) is 5.38. The summed E-state index contributed by atoms with van der Waals surface area (Å²) in [6.45, 7) is 3.94. The van der Waals surface area contributed by atoms with Crippen molar-refractivity contribution >= 4 is 40.5 Å². The van der Waals surface area contributed by atoms with E-state index in [1.165, 1.54) is 23.1 Å². The van der Waals surface area contributed by atoms with Crippen molar-refractivity contribution in [3.8, 4) is 33.8 Å². The third kappa shape index (κ3) is 5.86. The lowest BCUT2D eigenvalue weighted by atomic mass is 9.99. The van der Waals surface area contributed by atoms with Crippen LogP contribution in [0.2, 0.25) is 5.02 Å². The minimum Gasteiger partial charge on any atom is -0.390 e. The van der Waals surface area contributed by atoms with Gasteiger partial charge in [-0.1, -0.05) is 35.5 Å². The largest absolute Gasteiger partial charge is 0.390 e. The number of nitrogen functional groups attached to an aromatic ring is 1. The lowest BCUT2D eigenvalue weighted by Gasteiger charge is -2.16. The molecular formula is C25H22ClN7OS2. The van der Waals surface area contributed by atoms with Crippen LogP contribution in [0.15, 0.2) is 47.1 Å². The molecule has 4 aromatic rings. The molecule has 182 valence electrons. The quantitative estimate of drug-likeness (QED) is 0.282. The number of hydrogen-bond acceptors (Lipinski definition) is 9. The number of aromatic nitrogens is 4. The molecule has 36 heavy (non-hydrogen) atoms. The Morgan fingerprint density at radius 1 is 1.14 bits per heavy atom. The summed E-state index contributed by atoms with van der Waals surface area (Å²) in [5.41, 5.74) is 8.51. The van der Waals surface area contributed by atoms with E-state index in [0.29, 0.717) is 39.9 Å². The molecule has 4 rings (SSSR count). The number of pyridine rings is 1. The van der Waals surface area contributed by atoms with Gasteiger partial charge in [-0.05, 0) is 32.4 Å². The van der Waals surface area contributed by atoms with E-state index < -0.39 is 5.60 Å². The fourth-order valence-electron chi connectivity index (χ4n) is 3.43. The summed E-state index contributed by atoms with van der Waals surface area (Å²) in [6, 6.07) is 11.8. The molecule has 3 heterocycles. The molecule has 1 aromatic carbocycles. The molecule has 0 spiro atoms. The van der Waals surface area contributed by atoms with Gasteiger partial charge < -0.3 is 10.8 Å². The predicted octanol–water partition coefficient (Wildman–Crippen LogP) is 5.50. The van der Waals surface area contributed by atoms with Gasteiger partial charge in [-0.25, -0.2) is 9.97 Å². The molecule has 3 N–H and O–H groups in total. The van der Waals surface area contributed by atoms with Gasteiger partial charge in [0, 0.05) is 45.6 Å². The Labute approximate surface area is 222 Å². The molecule has 0 saturated heterocycles. The smallest absolute Gasteiger partial charge is 0.143 e. The van der Waals surface area contributed by atoms with Crippen LogP contribution in [0.5, 0.6) is 0 Å². The van der Waals surface area contributed by atoms with E-state index in [1.54, 1.807) is 30.9 Å². The van der Waals surface area contributed by atoms with Crippen LogP contribution in [0.4, 0.5) is 5.82 Å². The van der Waals surface area contributed by atoms with E-state index >= 15 is 0 Å². The third-order valence-electron chi connectivity index (χ3n) is 5.29. The van der Waals surface area contributed by atoms with Crippen LogP contribution in [-0.4, -0.2) is 30.5 Å². The maximum absolute atomic E-state index is 10.0. The van der Waals surface area contributed by atoms with Gasteiger partial charge in [-0.3, -0.25) is 4.68 Å². The highest BCUT2D eigenvalue weighted by molar-refractivity contribution is 7.98. The third-order valence-corrected chi connectivity index (χ3v) is 7.49. The van der Waals surface area contributed by atoms with Crippen LogP contribution in [0.3, 0.4) is 0 Å². The van der Waals surface area contributed by atoms with Crippen molar-refractivity contribution in [1.82, 2.24) is 19.7 Å². The van der Waals surface area contributed by atoms with Crippen molar-refractivity contribution in [2.75, 3.05) is 5.73 Å². The lowest BCUT2D eigenvalue weighted by molar-refractivity contribution is 0.0651. The van der Waals surface area contributed by atoms with E-state index in [1.807, 2.05) is 29.6 Å². The van der Waals surface area contributed by atoms with Crippen molar-refractivity contribution in [3.63, 3.8) is 0 Å². The molecule has 11 heteroatoms. The van der Waals surface area contributed by atoms with Crippen LogP contribution in [0, 0.1) is 22.7 Å². The first-order valence-electron chi connectivity index (χ1n) is 10.9. The van der Waals surface area contributed by atoms with Gasteiger partial charge in [0.1, 0.15) is 33.6 Å². The topological polar surface area (TPSA) is 137 Å². The average molecular weight is 536 g/mol. The summed E-state index contributed by atoms with van der Waals surface area (Å²) >= 11 is 8.84. The lowest BCUT2D eigenvalue weighted by Crippen LogP contribution is -2.21. The highest BCUT2D eigenvalue weighted by Crippen LogP contribution is 2.37. The standard InChI is InChI=1S/C25H22ClN7OS2/c1-25(2,34)7-8-33-12-16(11-30-33)21-19(9-27)22(29)32-24(20(21)10-28)36-14-18-13-35-23(31-18)15-3-5-17(26)6-4-15/h3-6,11-13,34H,7-8,14H2,1-2H3,(H2,29,32). The van der Waals surface area contributed by atoms with Crippen LogP contribution < -0.4 is 5.73 Å². The molecule has 0 atom stereocenters. The minimum atomic E-state index is -0.838. The van der Waals surface area contributed by atoms with Crippen molar-refractivity contribution in [2.45, 2.75) is 43.2 Å². The predicted molar refractivity (Wildman–Crippen MR) is 142 cm³/mol. The zero-order valence-electron chi connectivity index (χ0n) is 19.6. The SMILES string of the molecule is CC(C)(O)CCn1cc(-c2c(C#N)c(N)nc(SCc3csc(-c4ccc(Cl)cc4)n3)c2C#N)cn1. The summed E-state index contributed by atoms with van der Waals surface area (Å²) in [4.78, 5) is 9.05. The summed E-state index contributed by atoms with van der Waals surface area (Å²) in [6.07, 6.45) is 3.83. The number of nitrogens with zero attached hydrogens (tertiary/aromatic N) is 6. The number of aliphatic hydroxyl groups is 1. The van der Waals surface area contributed by atoms with Crippen LogP contribution >= 0.6 is 34.7 Å². The minimum absolute atomic E-state index is 0.0540. The van der Waals surface area contributed by atoms with Crippen molar-refractivity contribution in [1.29, 1.82) is 10.5 Å². The van der Waals surface area contributed by atoms with E-state index in [-0.39, 0.29) is 16.9 Å². The average Bonchev–Trinajstić information content (AvgIpc) is 3.51. The molecule has 0 bridgehead atoms. The molecule has 0 fully saturated rings. The second kappa shape index (κ2) is 10.7. The molecule has 0 aliphatic carbocycles. The number of hydrogen-bond donors (Lipinski definition) is 2. The van der Waals surface area contributed by atoms with Crippen LogP contribution in [0.1, 0.15) is 37.1 Å². The summed E-state index contributed by atoms with van der Waals surface area (Å²) < 4.78 is 1.67. The number of thiazole rings is 1. The first kappa shape index (κ1) is 25.7. The number of nitriles is 2. The zero-order valence-corrected chi connectivity index (χ0v) is 22.0. The van der Waals surface area contributed by atoms with Gasteiger partial charge in [0.25, 0.3) is 0 Å². The highest BCUT2D eigenvalue weighted by Gasteiger charge is 2.22. The maximum atomic E-state index is 10.0. The van der Waals surface area contributed by atoms with Gasteiger partial charge in [-0.15, -0.1) is 11.3 Å². The van der Waals surface area contributed by atoms with Gasteiger partial charge >= 0.3 is 0 Å². The second-order valence-corrected chi connectivity index (χ2v) is 10.9. The summed E-state index contributed by atoms with van der Waals surface area (Å²) in [5, 5.41) is 38.0. The number of halogens is 1. The highest BCUT2D eigenvalue weighted by atomic mass is 35.5. The number of thioether (sulfide) groups is 1. The second-order valence-electron chi connectivity index (χ2n) is 8.64. The summed E-state index contributed by atoms with van der Waals surface area (Å²) in [7, 11) is 0. The molecule has 0 unspecified atom stereocenters. The zero-order chi connectivity index (χ0) is 25.9. The van der Waals surface area contributed by atoms with Gasteiger partial charge in [0.05, 0.1) is 23.1 Å². The first-order chi connectivity index (χ1) is 17.2. The monoisotopic (exact) mass is 535 g/mol. The molecule has 8 nitrogen and oxygen atoms in total. The van der Waals surface area contributed by atoms with E-state index in [9.17, 15) is 15.6 Å². The molecule has 0 saturated carbocycles. The van der Waals surface area contributed by atoms with E-state index in [0.717, 1.165) is 16.3 Å². The fraction of sp³-hybridized carbons (Fsp3) is 0.240. The molecule has 0 radical (unpaired) electrons. The van der Waals surface area contributed by atoms with Crippen LogP contribution in [-0.2, 0) is 12.3 Å². The number of nitrogens with two attached hydrogens (primary N) is 1. The van der Waals surface area contributed by atoms with Gasteiger partial charge in [-0.2, -0.15) is 15.6 Å². The van der Waals surface area contributed by atoms with Crippen molar-refractivity contribution in [2.24, 2.45) is 0 Å². The normalized spacial score (nSPS) is 11.3. The van der Waals surface area contributed by atoms with Crippen molar-refractivity contribution < 1.29 is 5.11 Å². The number of aryl methyl sites for hydroxylation is 1. The number of rotatable bonds is 8. The molecule has 0 amide bonds. The Morgan fingerprint density at radius 2 is 1.86 bits per heavy atom. The first-order valence-corrected chi connectivity index (χ1v) is 13.1. The van der Waals surface area contributed by atoms with Crippen LogP contribution in [0.25, 0.3) is 21.7 Å². The molecule has 3 aromatic heterocycles. The van der Waals surface area contributed by atoms with Gasteiger partial charge in [0.2, 0.25) is 0 Å². The van der Waals surface area contributed by atoms with Crippen molar-refractivity contribution in [3.05, 3.63) is 63.9 Å². The Morgan fingerprint density at radius 3 is 2.53 bits per heavy atom. The maximum Gasteiger partial charge on any atom is 0.143 e. The molecular weight excluding hydrogens is 514 g/mol. The molecule has 0 aliphatic heterocycles.